The molecule has 0 unspecified atom stereocenters. The Bertz CT molecular complexity index is 1320. The Balaban J connectivity index is 1.66. The van der Waals surface area contributed by atoms with Gasteiger partial charge in [-0.1, -0.05) is 12.1 Å². The lowest BCUT2D eigenvalue weighted by Crippen LogP contribution is -2.16. The van der Waals surface area contributed by atoms with E-state index >= 15 is 0 Å². The molecule has 30 heavy (non-hydrogen) atoms. The van der Waals surface area contributed by atoms with Crippen LogP contribution in [0, 0.1) is 34.9 Å². The molecule has 1 amide bonds. The number of hydrogen-bond donors (Lipinski definition) is 2. The molecule has 0 spiro atoms. The van der Waals surface area contributed by atoms with Gasteiger partial charge in [-0.3, -0.25) is 9.89 Å². The van der Waals surface area contributed by atoms with Gasteiger partial charge >= 0.3 is 0 Å². The fourth-order valence-electron chi connectivity index (χ4n) is 2.88. The number of H-pyrrole nitrogens is 1. The Hall–Kier alpha value is -3.82. The first-order valence-electron chi connectivity index (χ1n) is 8.34. The molecule has 4 nitrogen and oxygen atoms in total. The molecule has 4 aromatic rings. The maximum atomic E-state index is 13.8. The standard InChI is InChI=1S/C20H9F6N3O/c21-12-4-2-8(5-13(12)22)9-1-3-10-15(6-9)28-29-19(10)27-20(30)11-7-14(23)17(25)18(26)16(11)24/h1-7H,(H2,27,28,29,30). The molecule has 0 fully saturated rings. The van der Waals surface area contributed by atoms with E-state index in [0.29, 0.717) is 22.0 Å². The summed E-state index contributed by atoms with van der Waals surface area (Å²) in [6.07, 6.45) is 0. The van der Waals surface area contributed by atoms with Crippen molar-refractivity contribution in [3.63, 3.8) is 0 Å². The minimum absolute atomic E-state index is 0.0867. The van der Waals surface area contributed by atoms with Crippen LogP contribution in [0.15, 0.2) is 42.5 Å². The van der Waals surface area contributed by atoms with Gasteiger partial charge in [0, 0.05) is 5.39 Å². The summed E-state index contributed by atoms with van der Waals surface area (Å²) in [4.78, 5) is 12.2. The van der Waals surface area contributed by atoms with E-state index < -0.39 is 46.4 Å². The third kappa shape index (κ3) is 3.25. The lowest BCUT2D eigenvalue weighted by atomic mass is 10.0. The zero-order chi connectivity index (χ0) is 21.6. The minimum Gasteiger partial charge on any atom is -0.304 e. The largest absolute Gasteiger partial charge is 0.304 e. The van der Waals surface area contributed by atoms with Gasteiger partial charge in [0.25, 0.3) is 5.91 Å². The van der Waals surface area contributed by atoms with E-state index in [1.807, 2.05) is 0 Å². The second kappa shape index (κ2) is 7.21. The fourth-order valence-corrected chi connectivity index (χ4v) is 2.88. The number of fused-ring (bicyclic) bond motifs is 1. The number of carbonyl (C=O) groups is 1. The van der Waals surface area contributed by atoms with Gasteiger partial charge in [-0.25, -0.2) is 26.3 Å². The predicted octanol–water partition coefficient (Wildman–Crippen LogP) is 5.32. The second-order valence-corrected chi connectivity index (χ2v) is 6.26. The highest BCUT2D eigenvalue weighted by atomic mass is 19.2. The average molecular weight is 421 g/mol. The summed E-state index contributed by atoms with van der Waals surface area (Å²) in [6, 6.07) is 8.17. The van der Waals surface area contributed by atoms with E-state index in [9.17, 15) is 31.1 Å². The van der Waals surface area contributed by atoms with E-state index in [1.54, 1.807) is 6.07 Å². The third-order valence-electron chi connectivity index (χ3n) is 4.39. The summed E-state index contributed by atoms with van der Waals surface area (Å²) >= 11 is 0. The van der Waals surface area contributed by atoms with Crippen LogP contribution in [-0.4, -0.2) is 16.1 Å². The minimum atomic E-state index is -2.11. The third-order valence-corrected chi connectivity index (χ3v) is 4.39. The number of aromatic nitrogens is 2. The van der Waals surface area contributed by atoms with Gasteiger partial charge in [0.2, 0.25) is 0 Å². The molecule has 0 saturated carbocycles. The normalized spacial score (nSPS) is 11.1. The van der Waals surface area contributed by atoms with E-state index in [-0.39, 0.29) is 11.9 Å². The lowest BCUT2D eigenvalue weighted by molar-refractivity contribution is 0.102. The summed E-state index contributed by atoms with van der Waals surface area (Å²) in [5.41, 5.74) is 0.234. The molecule has 2 N–H and O–H groups in total. The van der Waals surface area contributed by atoms with Crippen molar-refractivity contribution < 1.29 is 31.1 Å². The topological polar surface area (TPSA) is 57.8 Å². The number of hydrogen-bond acceptors (Lipinski definition) is 2. The van der Waals surface area contributed by atoms with Crippen LogP contribution in [0.3, 0.4) is 0 Å². The van der Waals surface area contributed by atoms with Crippen molar-refractivity contribution >= 4 is 22.6 Å². The average Bonchev–Trinajstić information content (AvgIpc) is 3.13. The quantitative estimate of drug-likeness (QED) is 0.267. The Labute approximate surface area is 164 Å². The first-order chi connectivity index (χ1) is 14.3. The van der Waals surface area contributed by atoms with Crippen molar-refractivity contribution in [1.29, 1.82) is 0 Å². The van der Waals surface area contributed by atoms with Crippen molar-refractivity contribution in [2.75, 3.05) is 5.32 Å². The molecule has 0 aliphatic carbocycles. The Morgan fingerprint density at radius 3 is 2.20 bits per heavy atom. The van der Waals surface area contributed by atoms with Gasteiger partial charge in [0.15, 0.2) is 40.7 Å². The lowest BCUT2D eigenvalue weighted by Gasteiger charge is -2.06. The van der Waals surface area contributed by atoms with Gasteiger partial charge in [0.05, 0.1) is 11.1 Å². The zero-order valence-electron chi connectivity index (χ0n) is 14.7. The number of carbonyl (C=O) groups excluding carboxylic acids is 1. The van der Waals surface area contributed by atoms with Crippen molar-refractivity contribution in [3.05, 3.63) is 82.9 Å². The molecule has 10 heteroatoms. The SMILES string of the molecule is O=C(Nc1n[nH]c2cc(-c3ccc(F)c(F)c3)ccc12)c1cc(F)c(F)c(F)c1F. The monoisotopic (exact) mass is 421 g/mol. The molecule has 0 radical (unpaired) electrons. The zero-order valence-corrected chi connectivity index (χ0v) is 14.7. The van der Waals surface area contributed by atoms with E-state index in [1.165, 1.54) is 18.2 Å². The number of rotatable bonds is 3. The first-order valence-corrected chi connectivity index (χ1v) is 8.34. The van der Waals surface area contributed by atoms with Gasteiger partial charge in [-0.2, -0.15) is 5.10 Å². The molecule has 0 aliphatic heterocycles. The number of amides is 1. The summed E-state index contributed by atoms with van der Waals surface area (Å²) in [5.74, 6) is -11.0. The Kier molecular flexibility index (Phi) is 4.69. The van der Waals surface area contributed by atoms with Crippen molar-refractivity contribution in [2.45, 2.75) is 0 Å². The van der Waals surface area contributed by atoms with E-state index in [4.69, 9.17) is 0 Å². The molecule has 1 aromatic heterocycles. The van der Waals surface area contributed by atoms with Crippen LogP contribution in [0.1, 0.15) is 10.4 Å². The molecule has 3 aromatic carbocycles. The summed E-state index contributed by atoms with van der Waals surface area (Å²) in [7, 11) is 0. The van der Waals surface area contributed by atoms with Gasteiger partial charge in [-0.05, 0) is 41.5 Å². The van der Waals surface area contributed by atoms with Crippen molar-refractivity contribution in [2.24, 2.45) is 0 Å². The predicted molar refractivity (Wildman–Crippen MR) is 95.7 cm³/mol. The highest BCUT2D eigenvalue weighted by molar-refractivity contribution is 6.08. The molecule has 0 bridgehead atoms. The molecule has 1 heterocycles. The van der Waals surface area contributed by atoms with Crippen molar-refractivity contribution in [3.8, 4) is 11.1 Å². The summed E-state index contributed by atoms with van der Waals surface area (Å²) in [6.45, 7) is 0. The number of halogens is 6. The van der Waals surface area contributed by atoms with Gasteiger partial charge in [-0.15, -0.1) is 0 Å². The second-order valence-electron chi connectivity index (χ2n) is 6.26. The fraction of sp³-hybridized carbons (Fsp3) is 0. The number of nitrogens with zero attached hydrogens (tertiary/aromatic N) is 1. The highest BCUT2D eigenvalue weighted by Crippen LogP contribution is 2.28. The van der Waals surface area contributed by atoms with Crippen LogP contribution < -0.4 is 5.32 Å². The van der Waals surface area contributed by atoms with Crippen LogP contribution in [0.2, 0.25) is 0 Å². The Morgan fingerprint density at radius 2 is 1.47 bits per heavy atom. The first kappa shape index (κ1) is 19.5. The molecule has 152 valence electrons. The summed E-state index contributed by atoms with van der Waals surface area (Å²) in [5, 5.41) is 8.97. The highest BCUT2D eigenvalue weighted by Gasteiger charge is 2.24. The maximum absolute atomic E-state index is 13.8. The number of nitrogens with one attached hydrogen (secondary N) is 2. The van der Waals surface area contributed by atoms with Crippen LogP contribution in [0.25, 0.3) is 22.0 Å². The van der Waals surface area contributed by atoms with Crippen molar-refractivity contribution in [1.82, 2.24) is 10.2 Å². The maximum Gasteiger partial charge on any atom is 0.260 e. The number of anilines is 1. The Morgan fingerprint density at radius 1 is 0.767 bits per heavy atom. The molecule has 0 atom stereocenters. The molecule has 4 rings (SSSR count). The van der Waals surface area contributed by atoms with Gasteiger partial charge < -0.3 is 5.32 Å². The van der Waals surface area contributed by atoms with E-state index in [0.717, 1.165) is 12.1 Å². The summed E-state index contributed by atoms with van der Waals surface area (Å²) < 4.78 is 80.1. The molecular weight excluding hydrogens is 412 g/mol. The van der Waals surface area contributed by atoms with E-state index in [2.05, 4.69) is 15.5 Å². The molecule has 0 saturated heterocycles. The van der Waals surface area contributed by atoms with Crippen LogP contribution >= 0.6 is 0 Å². The number of benzene rings is 3. The smallest absolute Gasteiger partial charge is 0.260 e. The van der Waals surface area contributed by atoms with Crippen LogP contribution in [0.5, 0.6) is 0 Å². The molecule has 0 aliphatic rings. The number of aromatic amines is 1. The van der Waals surface area contributed by atoms with Crippen LogP contribution in [0.4, 0.5) is 32.2 Å². The van der Waals surface area contributed by atoms with Crippen LogP contribution in [-0.2, 0) is 0 Å². The van der Waals surface area contributed by atoms with Gasteiger partial charge in [0.1, 0.15) is 0 Å². The molecular formula is C20H9F6N3O.